The Bertz CT molecular complexity index is 600. The van der Waals surface area contributed by atoms with Crippen molar-refractivity contribution < 1.29 is 9.59 Å². The largest absolute Gasteiger partial charge is 0.326 e. The number of nitrogens with zero attached hydrogens (tertiary/aromatic N) is 1. The van der Waals surface area contributed by atoms with Crippen LogP contribution in [0.25, 0.3) is 0 Å². The van der Waals surface area contributed by atoms with Gasteiger partial charge in [-0.25, -0.2) is 0 Å². The fraction of sp³-hybridized carbons (Fsp3) is 0.579. The van der Waals surface area contributed by atoms with E-state index in [9.17, 15) is 9.59 Å². The molecule has 4 heteroatoms. The van der Waals surface area contributed by atoms with Crippen LogP contribution in [0.1, 0.15) is 53.0 Å². The topological polar surface area (TPSA) is 49.4 Å². The molecule has 0 radical (unpaired) electrons. The van der Waals surface area contributed by atoms with Crippen LogP contribution in [0.5, 0.6) is 0 Å². The van der Waals surface area contributed by atoms with Crippen molar-refractivity contribution in [3.63, 3.8) is 0 Å². The molecule has 0 saturated heterocycles. The molecule has 1 aliphatic rings. The molecule has 0 aromatic heterocycles. The summed E-state index contributed by atoms with van der Waals surface area (Å²) < 4.78 is 0. The molecule has 126 valence electrons. The highest BCUT2D eigenvalue weighted by Crippen LogP contribution is 2.31. The predicted octanol–water partition coefficient (Wildman–Crippen LogP) is 4.00. The van der Waals surface area contributed by atoms with Gasteiger partial charge in [-0.1, -0.05) is 34.6 Å². The maximum atomic E-state index is 12.3. The summed E-state index contributed by atoms with van der Waals surface area (Å²) in [6.07, 6.45) is 2.40. The number of rotatable bonds is 3. The smallest absolute Gasteiger partial charge is 0.229 e. The standard InChI is InChI=1S/C19H28N2O2/c1-13(2)18(23)21-10-6-7-14-11-15(8-9-16(14)21)20-17(22)12-19(3,4)5/h8-9,11,13H,6-7,10,12H2,1-5H3,(H,20,22). The minimum Gasteiger partial charge on any atom is -0.326 e. The minimum atomic E-state index is -0.0290. The molecule has 4 nitrogen and oxygen atoms in total. The third-order valence-electron chi connectivity index (χ3n) is 3.93. The van der Waals surface area contributed by atoms with Crippen LogP contribution < -0.4 is 10.2 Å². The van der Waals surface area contributed by atoms with E-state index in [4.69, 9.17) is 0 Å². The molecule has 0 aliphatic carbocycles. The molecule has 1 aliphatic heterocycles. The lowest BCUT2D eigenvalue weighted by Crippen LogP contribution is -2.38. The molecule has 0 spiro atoms. The quantitative estimate of drug-likeness (QED) is 0.916. The van der Waals surface area contributed by atoms with Gasteiger partial charge in [-0.2, -0.15) is 0 Å². The Morgan fingerprint density at radius 2 is 1.96 bits per heavy atom. The van der Waals surface area contributed by atoms with Gasteiger partial charge in [0.2, 0.25) is 11.8 Å². The van der Waals surface area contributed by atoms with E-state index in [0.29, 0.717) is 6.42 Å². The third-order valence-corrected chi connectivity index (χ3v) is 3.93. The number of benzene rings is 1. The van der Waals surface area contributed by atoms with E-state index in [-0.39, 0.29) is 23.1 Å². The molecule has 0 unspecified atom stereocenters. The van der Waals surface area contributed by atoms with Gasteiger partial charge in [-0.15, -0.1) is 0 Å². The zero-order chi connectivity index (χ0) is 17.2. The number of carbonyl (C=O) groups is 2. The normalized spacial score (nSPS) is 14.6. The van der Waals surface area contributed by atoms with Crippen LogP contribution in [0, 0.1) is 11.3 Å². The molecule has 23 heavy (non-hydrogen) atoms. The third kappa shape index (κ3) is 4.57. The van der Waals surface area contributed by atoms with E-state index in [2.05, 4.69) is 26.1 Å². The lowest BCUT2D eigenvalue weighted by molar-refractivity contribution is -0.121. The van der Waals surface area contributed by atoms with Crippen LogP contribution in [0.4, 0.5) is 11.4 Å². The summed E-state index contributed by atoms with van der Waals surface area (Å²) in [4.78, 5) is 26.3. The molecule has 1 heterocycles. The second kappa shape index (κ2) is 6.73. The molecule has 0 saturated carbocycles. The van der Waals surface area contributed by atoms with Crippen molar-refractivity contribution in [2.45, 2.75) is 53.9 Å². The van der Waals surface area contributed by atoms with Crippen LogP contribution in [-0.2, 0) is 16.0 Å². The molecule has 0 atom stereocenters. The highest BCUT2D eigenvalue weighted by atomic mass is 16.2. The van der Waals surface area contributed by atoms with Crippen molar-refractivity contribution in [1.82, 2.24) is 0 Å². The summed E-state index contributed by atoms with van der Waals surface area (Å²) in [5, 5.41) is 2.97. The Hall–Kier alpha value is -1.84. The molecular weight excluding hydrogens is 288 g/mol. The van der Waals surface area contributed by atoms with Gasteiger partial charge in [0.1, 0.15) is 0 Å². The maximum absolute atomic E-state index is 12.3. The first-order valence-corrected chi connectivity index (χ1v) is 8.41. The number of carbonyl (C=O) groups excluding carboxylic acids is 2. The van der Waals surface area contributed by atoms with Crippen LogP contribution in [0.15, 0.2) is 18.2 Å². The number of nitrogens with one attached hydrogen (secondary N) is 1. The van der Waals surface area contributed by atoms with Crippen LogP contribution >= 0.6 is 0 Å². The number of hydrogen-bond donors (Lipinski definition) is 1. The zero-order valence-corrected chi connectivity index (χ0v) is 14.9. The summed E-state index contributed by atoms with van der Waals surface area (Å²) in [5.41, 5.74) is 2.91. The number of hydrogen-bond acceptors (Lipinski definition) is 2. The summed E-state index contributed by atoms with van der Waals surface area (Å²) in [6, 6.07) is 5.86. The molecule has 1 aromatic rings. The molecule has 0 bridgehead atoms. The number of fused-ring (bicyclic) bond motifs is 1. The Morgan fingerprint density at radius 1 is 1.26 bits per heavy atom. The SMILES string of the molecule is CC(C)C(=O)N1CCCc2cc(NC(=O)CC(C)(C)C)ccc21. The minimum absolute atomic E-state index is 0.00730. The lowest BCUT2D eigenvalue weighted by atomic mass is 9.92. The molecule has 2 amide bonds. The second-order valence-electron chi connectivity index (χ2n) is 7.88. The lowest BCUT2D eigenvalue weighted by Gasteiger charge is -2.31. The van der Waals surface area contributed by atoms with Crippen molar-refractivity contribution in [3.8, 4) is 0 Å². The van der Waals surface area contributed by atoms with Gasteiger partial charge in [-0.3, -0.25) is 9.59 Å². The number of anilines is 2. The van der Waals surface area contributed by atoms with Crippen molar-refractivity contribution >= 4 is 23.2 Å². The monoisotopic (exact) mass is 316 g/mol. The van der Waals surface area contributed by atoms with Crippen molar-refractivity contribution in [2.75, 3.05) is 16.8 Å². The number of amides is 2. The van der Waals surface area contributed by atoms with E-state index >= 15 is 0 Å². The van der Waals surface area contributed by atoms with E-state index in [1.54, 1.807) is 0 Å². The van der Waals surface area contributed by atoms with E-state index in [0.717, 1.165) is 36.3 Å². The van der Waals surface area contributed by atoms with Crippen molar-refractivity contribution in [1.29, 1.82) is 0 Å². The fourth-order valence-corrected chi connectivity index (χ4v) is 2.90. The first kappa shape index (κ1) is 17.5. The first-order valence-electron chi connectivity index (χ1n) is 8.41. The van der Waals surface area contributed by atoms with Crippen LogP contribution in [-0.4, -0.2) is 18.4 Å². The Balaban J connectivity index is 2.16. The highest BCUT2D eigenvalue weighted by Gasteiger charge is 2.24. The summed E-state index contributed by atoms with van der Waals surface area (Å²) in [7, 11) is 0. The van der Waals surface area contributed by atoms with E-state index in [1.807, 2.05) is 36.9 Å². The van der Waals surface area contributed by atoms with Crippen LogP contribution in [0.2, 0.25) is 0 Å². The van der Waals surface area contributed by atoms with E-state index in [1.165, 1.54) is 0 Å². The summed E-state index contributed by atoms with van der Waals surface area (Å²) in [6.45, 7) is 10.8. The molecular formula is C19H28N2O2. The van der Waals surface area contributed by atoms with Gasteiger partial charge in [0.15, 0.2) is 0 Å². The first-order chi connectivity index (χ1) is 10.7. The number of aryl methyl sites for hydroxylation is 1. The van der Waals surface area contributed by atoms with Gasteiger partial charge in [0.05, 0.1) is 0 Å². The molecule has 1 aromatic carbocycles. The van der Waals surface area contributed by atoms with Crippen molar-refractivity contribution in [3.05, 3.63) is 23.8 Å². The Morgan fingerprint density at radius 3 is 2.57 bits per heavy atom. The van der Waals surface area contributed by atoms with Gasteiger partial charge in [0, 0.05) is 30.3 Å². The fourth-order valence-electron chi connectivity index (χ4n) is 2.90. The maximum Gasteiger partial charge on any atom is 0.229 e. The molecule has 0 fully saturated rings. The Labute approximate surface area is 139 Å². The van der Waals surface area contributed by atoms with Gasteiger partial charge in [-0.05, 0) is 42.0 Å². The van der Waals surface area contributed by atoms with E-state index < -0.39 is 0 Å². The highest BCUT2D eigenvalue weighted by molar-refractivity contribution is 5.97. The second-order valence-corrected chi connectivity index (χ2v) is 7.88. The summed E-state index contributed by atoms with van der Waals surface area (Å²) in [5.74, 6) is 0.186. The zero-order valence-electron chi connectivity index (χ0n) is 14.9. The summed E-state index contributed by atoms with van der Waals surface area (Å²) >= 11 is 0. The van der Waals surface area contributed by atoms with Gasteiger partial charge in [0.25, 0.3) is 0 Å². The Kier molecular flexibility index (Phi) is 5.12. The van der Waals surface area contributed by atoms with Gasteiger partial charge >= 0.3 is 0 Å². The average Bonchev–Trinajstić information content (AvgIpc) is 2.43. The average molecular weight is 316 g/mol. The van der Waals surface area contributed by atoms with Crippen molar-refractivity contribution in [2.24, 2.45) is 11.3 Å². The van der Waals surface area contributed by atoms with Crippen LogP contribution in [0.3, 0.4) is 0 Å². The van der Waals surface area contributed by atoms with Gasteiger partial charge < -0.3 is 10.2 Å². The predicted molar refractivity (Wildman–Crippen MR) is 94.7 cm³/mol. The molecule has 1 N–H and O–H groups in total. The molecule has 2 rings (SSSR count).